The molecule has 0 unspecified atom stereocenters. The zero-order valence-corrected chi connectivity index (χ0v) is 22.6. The number of hydrogen-bond donors (Lipinski definition) is 0. The van der Waals surface area contributed by atoms with Crippen LogP contribution in [0, 0.1) is 0 Å². The summed E-state index contributed by atoms with van der Waals surface area (Å²) in [7, 11) is 1.52. The molecule has 5 aromatic rings. The smallest absolute Gasteiger partial charge is 0.321 e. The molecule has 1 aliphatic carbocycles. The summed E-state index contributed by atoms with van der Waals surface area (Å²) in [4.78, 5) is 14.6. The molecule has 0 saturated heterocycles. The van der Waals surface area contributed by atoms with E-state index in [2.05, 4.69) is 115 Å². The number of allylic oxidation sites excluding steroid dienone is 1. The second-order valence-electron chi connectivity index (χ2n) is 10.3. The molecule has 2 heteroatoms. The summed E-state index contributed by atoms with van der Waals surface area (Å²) in [5.41, 5.74) is 6.54. The quantitative estimate of drug-likeness (QED) is 0.209. The van der Waals surface area contributed by atoms with Crippen LogP contribution in [0.5, 0.6) is 0 Å². The molecule has 3 atom stereocenters. The van der Waals surface area contributed by atoms with E-state index in [-0.39, 0.29) is 17.8 Å². The molecule has 0 aliphatic heterocycles. The van der Waals surface area contributed by atoms with E-state index >= 15 is 0 Å². The Morgan fingerprint density at radius 2 is 1.05 bits per heavy atom. The first-order valence-electron chi connectivity index (χ1n) is 13.8. The van der Waals surface area contributed by atoms with Crippen molar-refractivity contribution in [3.05, 3.63) is 179 Å². The zero-order valence-electron chi connectivity index (χ0n) is 22.6. The summed E-state index contributed by atoms with van der Waals surface area (Å²) >= 11 is 0. The molecule has 6 rings (SSSR count). The summed E-state index contributed by atoms with van der Waals surface area (Å²) < 4.78 is 5.80. The Morgan fingerprint density at radius 3 is 1.57 bits per heavy atom. The third-order valence-electron chi connectivity index (χ3n) is 8.29. The first-order chi connectivity index (χ1) is 19.7. The Balaban J connectivity index is 1.83. The van der Waals surface area contributed by atoms with E-state index in [1.165, 1.54) is 18.2 Å². The Hall–Kier alpha value is -4.69. The minimum Gasteiger partial charge on any atom is -0.468 e. The van der Waals surface area contributed by atoms with Crippen LogP contribution in [0.1, 0.15) is 46.1 Å². The number of ether oxygens (including phenoxy) is 1. The van der Waals surface area contributed by atoms with Crippen molar-refractivity contribution in [3.8, 4) is 0 Å². The van der Waals surface area contributed by atoms with Gasteiger partial charge in [-0.05, 0) is 45.4 Å². The minimum atomic E-state index is -1.07. The van der Waals surface area contributed by atoms with Crippen LogP contribution in [-0.2, 0) is 14.9 Å². The number of esters is 1. The predicted molar refractivity (Wildman–Crippen MR) is 163 cm³/mol. The maximum absolute atomic E-state index is 14.6. The van der Waals surface area contributed by atoms with Gasteiger partial charge in [0.05, 0.1) is 7.11 Å². The fourth-order valence-electron chi connectivity index (χ4n) is 6.67. The lowest BCUT2D eigenvalue weighted by atomic mass is 9.53. The van der Waals surface area contributed by atoms with Crippen LogP contribution in [0.4, 0.5) is 0 Å². The standard InChI is InChI=1S/C38H32O2/c1-40-37(39)38(32-25-15-6-16-26-32)34(29-19-9-3-10-20-29)27-33(28-17-7-2-8-18-28)35(30-21-11-4-12-22-30)36(38)31-23-13-5-14-24-31/h2-26,33-34H,27H2,1H3/t33-,34-,38-/m1/s1. The van der Waals surface area contributed by atoms with E-state index in [1.807, 2.05) is 36.4 Å². The Labute approximate surface area is 236 Å². The molecule has 0 amide bonds. The molecule has 0 saturated carbocycles. The zero-order chi connectivity index (χ0) is 27.4. The van der Waals surface area contributed by atoms with Crippen LogP contribution in [0.2, 0.25) is 0 Å². The summed E-state index contributed by atoms with van der Waals surface area (Å²) in [6.45, 7) is 0. The van der Waals surface area contributed by atoms with Crippen LogP contribution in [0.15, 0.2) is 152 Å². The SMILES string of the molecule is COC(=O)[C@@]1(c2ccccc2)C(c2ccccc2)=C(c2ccccc2)[C@@H](c2ccccc2)C[C@@H]1c1ccccc1. The van der Waals surface area contributed by atoms with Crippen molar-refractivity contribution in [2.24, 2.45) is 0 Å². The van der Waals surface area contributed by atoms with Gasteiger partial charge in [-0.15, -0.1) is 0 Å². The molecule has 0 heterocycles. The van der Waals surface area contributed by atoms with Gasteiger partial charge in [-0.25, -0.2) is 0 Å². The number of methoxy groups -OCH3 is 1. The van der Waals surface area contributed by atoms with Gasteiger partial charge >= 0.3 is 5.97 Å². The highest BCUT2D eigenvalue weighted by molar-refractivity contribution is 6.10. The van der Waals surface area contributed by atoms with Gasteiger partial charge in [0, 0.05) is 11.8 Å². The molecule has 40 heavy (non-hydrogen) atoms. The fourth-order valence-corrected chi connectivity index (χ4v) is 6.67. The lowest BCUT2D eigenvalue weighted by Gasteiger charge is -2.48. The average Bonchev–Trinajstić information content (AvgIpc) is 3.05. The van der Waals surface area contributed by atoms with Crippen LogP contribution in [0.25, 0.3) is 11.1 Å². The van der Waals surface area contributed by atoms with Crippen LogP contribution in [0.3, 0.4) is 0 Å². The molecule has 0 aromatic heterocycles. The Bertz CT molecular complexity index is 1590. The predicted octanol–water partition coefficient (Wildman–Crippen LogP) is 8.68. The van der Waals surface area contributed by atoms with Crippen LogP contribution < -0.4 is 0 Å². The Morgan fingerprint density at radius 1 is 0.600 bits per heavy atom. The molecule has 0 radical (unpaired) electrons. The van der Waals surface area contributed by atoms with Gasteiger partial charge in [-0.1, -0.05) is 152 Å². The monoisotopic (exact) mass is 520 g/mol. The van der Waals surface area contributed by atoms with Crippen molar-refractivity contribution < 1.29 is 9.53 Å². The topological polar surface area (TPSA) is 26.3 Å². The van der Waals surface area contributed by atoms with Gasteiger partial charge in [0.1, 0.15) is 5.41 Å². The molecular formula is C38H32O2. The molecule has 0 bridgehead atoms. The number of carbonyl (C=O) groups excluding carboxylic acids is 1. The van der Waals surface area contributed by atoms with Gasteiger partial charge < -0.3 is 4.74 Å². The highest BCUT2D eigenvalue weighted by Gasteiger charge is 2.57. The molecular weight excluding hydrogens is 488 g/mol. The summed E-state index contributed by atoms with van der Waals surface area (Å²) in [5, 5.41) is 0. The fraction of sp³-hybridized carbons (Fsp3) is 0.132. The maximum Gasteiger partial charge on any atom is 0.321 e. The molecule has 0 N–H and O–H groups in total. The van der Waals surface area contributed by atoms with E-state index in [0.717, 1.165) is 34.2 Å². The average molecular weight is 521 g/mol. The van der Waals surface area contributed by atoms with Crippen molar-refractivity contribution >= 4 is 17.1 Å². The normalized spacial score (nSPS) is 20.6. The van der Waals surface area contributed by atoms with Crippen LogP contribution in [-0.4, -0.2) is 13.1 Å². The molecule has 0 spiro atoms. The highest BCUT2D eigenvalue weighted by atomic mass is 16.5. The second kappa shape index (κ2) is 11.2. The summed E-state index contributed by atoms with van der Waals surface area (Å²) in [6, 6.07) is 52.4. The van der Waals surface area contributed by atoms with Crippen molar-refractivity contribution in [1.29, 1.82) is 0 Å². The third-order valence-corrected chi connectivity index (χ3v) is 8.29. The molecule has 196 valence electrons. The van der Waals surface area contributed by atoms with Crippen LogP contribution >= 0.6 is 0 Å². The molecule has 2 nitrogen and oxygen atoms in total. The number of rotatable bonds is 6. The lowest BCUT2D eigenvalue weighted by molar-refractivity contribution is -0.146. The molecule has 0 fully saturated rings. The summed E-state index contributed by atoms with van der Waals surface area (Å²) in [5.74, 6) is -0.353. The first kappa shape index (κ1) is 25.6. The van der Waals surface area contributed by atoms with Gasteiger partial charge in [0.15, 0.2) is 0 Å². The van der Waals surface area contributed by atoms with E-state index in [9.17, 15) is 4.79 Å². The van der Waals surface area contributed by atoms with Gasteiger partial charge in [-0.3, -0.25) is 4.79 Å². The lowest BCUT2D eigenvalue weighted by Crippen LogP contribution is -2.47. The van der Waals surface area contributed by atoms with Crippen molar-refractivity contribution in [2.45, 2.75) is 23.7 Å². The minimum absolute atomic E-state index is 0.0607. The van der Waals surface area contributed by atoms with Gasteiger partial charge in [0.2, 0.25) is 0 Å². The third kappa shape index (κ3) is 4.36. The number of carbonyl (C=O) groups is 1. The Kier molecular flexibility index (Phi) is 7.16. The first-order valence-corrected chi connectivity index (χ1v) is 13.8. The van der Waals surface area contributed by atoms with E-state index < -0.39 is 5.41 Å². The van der Waals surface area contributed by atoms with Gasteiger partial charge in [0.25, 0.3) is 0 Å². The van der Waals surface area contributed by atoms with E-state index in [4.69, 9.17) is 4.74 Å². The number of benzene rings is 5. The van der Waals surface area contributed by atoms with Crippen molar-refractivity contribution in [1.82, 2.24) is 0 Å². The van der Waals surface area contributed by atoms with E-state index in [1.54, 1.807) is 0 Å². The van der Waals surface area contributed by atoms with E-state index in [0.29, 0.717) is 0 Å². The molecule has 1 aliphatic rings. The van der Waals surface area contributed by atoms with Crippen molar-refractivity contribution in [3.63, 3.8) is 0 Å². The maximum atomic E-state index is 14.6. The highest BCUT2D eigenvalue weighted by Crippen LogP contribution is 2.61. The second-order valence-corrected chi connectivity index (χ2v) is 10.3. The summed E-state index contributed by atoms with van der Waals surface area (Å²) in [6.07, 6.45) is 0.749. The largest absolute Gasteiger partial charge is 0.468 e. The van der Waals surface area contributed by atoms with Crippen molar-refractivity contribution in [2.75, 3.05) is 7.11 Å². The van der Waals surface area contributed by atoms with Gasteiger partial charge in [-0.2, -0.15) is 0 Å². The number of hydrogen-bond acceptors (Lipinski definition) is 2. The molecule has 5 aromatic carbocycles.